The summed E-state index contributed by atoms with van der Waals surface area (Å²) in [6.45, 7) is 2.30. The summed E-state index contributed by atoms with van der Waals surface area (Å²) in [6.07, 6.45) is -3.83. The molecule has 5 heteroatoms. The fraction of sp³-hybridized carbons (Fsp3) is 0.571. The number of rotatable bonds is 2. The van der Waals surface area contributed by atoms with Crippen LogP contribution >= 0.6 is 0 Å². The van der Waals surface area contributed by atoms with Crippen LogP contribution in [0.4, 0.5) is 13.2 Å². The van der Waals surface area contributed by atoms with Crippen LogP contribution < -0.4 is 10.1 Å². The van der Waals surface area contributed by atoms with E-state index in [0.29, 0.717) is 6.54 Å². The van der Waals surface area contributed by atoms with Gasteiger partial charge >= 0.3 is 6.18 Å². The number of hydrogen-bond acceptors (Lipinski definition) is 2. The molecule has 0 bridgehead atoms. The maximum Gasteiger partial charge on any atom is 0.391 e. The number of benzene rings is 1. The molecule has 1 saturated heterocycles. The summed E-state index contributed by atoms with van der Waals surface area (Å²) in [7, 11) is 1.58. The largest absolute Gasteiger partial charge is 0.497 e. The Morgan fingerprint density at radius 2 is 2.05 bits per heavy atom. The van der Waals surface area contributed by atoms with Crippen LogP contribution in [0.3, 0.4) is 0 Å². The lowest BCUT2D eigenvalue weighted by atomic mass is 9.87. The minimum atomic E-state index is -4.10. The zero-order valence-electron chi connectivity index (χ0n) is 11.1. The first-order chi connectivity index (χ1) is 8.91. The van der Waals surface area contributed by atoms with Crippen LogP contribution in [-0.4, -0.2) is 19.8 Å². The highest BCUT2D eigenvalue weighted by atomic mass is 19.4. The molecule has 1 heterocycles. The second kappa shape index (κ2) is 5.41. The van der Waals surface area contributed by atoms with Crippen LogP contribution in [0.1, 0.15) is 30.0 Å². The van der Waals surface area contributed by atoms with Crippen molar-refractivity contribution >= 4 is 0 Å². The fourth-order valence-corrected chi connectivity index (χ4v) is 2.62. The number of aryl methyl sites for hydroxylation is 1. The number of alkyl halides is 3. The molecule has 2 unspecified atom stereocenters. The third-order valence-electron chi connectivity index (χ3n) is 3.72. The van der Waals surface area contributed by atoms with Gasteiger partial charge in [-0.15, -0.1) is 0 Å². The van der Waals surface area contributed by atoms with Crippen molar-refractivity contribution in [2.45, 2.75) is 32.0 Å². The monoisotopic (exact) mass is 273 g/mol. The van der Waals surface area contributed by atoms with Gasteiger partial charge in [-0.05, 0) is 49.6 Å². The molecule has 1 aromatic carbocycles. The van der Waals surface area contributed by atoms with Gasteiger partial charge in [0.1, 0.15) is 5.75 Å². The van der Waals surface area contributed by atoms with Gasteiger partial charge in [-0.3, -0.25) is 0 Å². The molecule has 1 N–H and O–H groups in total. The summed E-state index contributed by atoms with van der Waals surface area (Å²) >= 11 is 0. The third-order valence-corrected chi connectivity index (χ3v) is 3.72. The van der Waals surface area contributed by atoms with Gasteiger partial charge in [-0.2, -0.15) is 13.2 Å². The Bertz CT molecular complexity index is 445. The molecule has 1 aliphatic heterocycles. The van der Waals surface area contributed by atoms with Crippen molar-refractivity contribution in [2.24, 2.45) is 5.92 Å². The zero-order chi connectivity index (χ0) is 14.0. The summed E-state index contributed by atoms with van der Waals surface area (Å²) in [5, 5.41) is 3.17. The maximum absolute atomic E-state index is 12.8. The lowest BCUT2D eigenvalue weighted by Gasteiger charge is -2.32. The minimum absolute atomic E-state index is 0.108. The molecule has 0 radical (unpaired) electrons. The van der Waals surface area contributed by atoms with E-state index in [2.05, 4.69) is 5.32 Å². The van der Waals surface area contributed by atoms with E-state index in [1.807, 2.05) is 19.1 Å². The summed E-state index contributed by atoms with van der Waals surface area (Å²) in [5.41, 5.74) is 1.88. The average molecular weight is 273 g/mol. The molecule has 19 heavy (non-hydrogen) atoms. The number of methoxy groups -OCH3 is 1. The molecular weight excluding hydrogens is 255 g/mol. The van der Waals surface area contributed by atoms with Crippen LogP contribution in [0.2, 0.25) is 0 Å². The average Bonchev–Trinajstić information content (AvgIpc) is 2.37. The van der Waals surface area contributed by atoms with Gasteiger partial charge in [-0.25, -0.2) is 0 Å². The quantitative estimate of drug-likeness (QED) is 0.888. The topological polar surface area (TPSA) is 21.3 Å². The van der Waals surface area contributed by atoms with Gasteiger partial charge in [0.2, 0.25) is 0 Å². The summed E-state index contributed by atoms with van der Waals surface area (Å²) in [6, 6.07) is 5.27. The van der Waals surface area contributed by atoms with Crippen molar-refractivity contribution in [2.75, 3.05) is 13.7 Å². The molecule has 0 aliphatic carbocycles. The Kier molecular flexibility index (Phi) is 4.04. The van der Waals surface area contributed by atoms with Crippen molar-refractivity contribution in [3.63, 3.8) is 0 Å². The van der Waals surface area contributed by atoms with Crippen LogP contribution in [0, 0.1) is 12.8 Å². The Balaban J connectivity index is 2.17. The molecule has 106 valence electrons. The molecule has 1 aromatic rings. The van der Waals surface area contributed by atoms with E-state index in [-0.39, 0.29) is 18.9 Å². The van der Waals surface area contributed by atoms with Gasteiger partial charge in [0.25, 0.3) is 0 Å². The van der Waals surface area contributed by atoms with E-state index in [0.717, 1.165) is 16.9 Å². The van der Waals surface area contributed by atoms with E-state index in [4.69, 9.17) is 4.74 Å². The molecule has 0 saturated carbocycles. The van der Waals surface area contributed by atoms with E-state index >= 15 is 0 Å². The number of ether oxygens (including phenoxy) is 1. The van der Waals surface area contributed by atoms with E-state index in [1.165, 1.54) is 0 Å². The Morgan fingerprint density at radius 3 is 2.63 bits per heavy atom. The Labute approximate surface area is 111 Å². The highest BCUT2D eigenvalue weighted by Crippen LogP contribution is 2.39. The predicted molar refractivity (Wildman–Crippen MR) is 67.3 cm³/mol. The summed E-state index contributed by atoms with van der Waals surface area (Å²) in [4.78, 5) is 0. The molecule has 2 atom stereocenters. The Hall–Kier alpha value is -1.23. The molecule has 0 amide bonds. The molecule has 2 nitrogen and oxygen atoms in total. The van der Waals surface area contributed by atoms with Gasteiger partial charge in [-0.1, -0.05) is 6.07 Å². The van der Waals surface area contributed by atoms with E-state index < -0.39 is 12.1 Å². The SMILES string of the molecule is COc1ccc(C2CC(C(F)(F)F)CCN2)c(C)c1. The molecular formula is C14H18F3NO. The standard InChI is InChI=1S/C14H18F3NO/c1-9-7-11(19-2)3-4-12(9)13-8-10(5-6-18-13)14(15,16)17/h3-4,7,10,13,18H,5-6,8H2,1-2H3. The van der Waals surface area contributed by atoms with Crippen molar-refractivity contribution in [1.82, 2.24) is 5.32 Å². The van der Waals surface area contributed by atoms with Crippen molar-refractivity contribution in [1.29, 1.82) is 0 Å². The molecule has 0 spiro atoms. The predicted octanol–water partition coefficient (Wildman–Crippen LogP) is 3.61. The Morgan fingerprint density at radius 1 is 1.32 bits per heavy atom. The lowest BCUT2D eigenvalue weighted by molar-refractivity contribution is -0.183. The highest BCUT2D eigenvalue weighted by Gasteiger charge is 2.42. The van der Waals surface area contributed by atoms with Gasteiger partial charge in [0.05, 0.1) is 13.0 Å². The molecule has 0 aromatic heterocycles. The first-order valence-electron chi connectivity index (χ1n) is 6.36. The smallest absolute Gasteiger partial charge is 0.391 e. The normalized spacial score (nSPS) is 24.3. The first kappa shape index (κ1) is 14.2. The van der Waals surface area contributed by atoms with Crippen molar-refractivity contribution in [3.05, 3.63) is 29.3 Å². The van der Waals surface area contributed by atoms with Crippen molar-refractivity contribution < 1.29 is 17.9 Å². The maximum atomic E-state index is 12.8. The van der Waals surface area contributed by atoms with Crippen molar-refractivity contribution in [3.8, 4) is 5.75 Å². The molecule has 2 rings (SSSR count). The fourth-order valence-electron chi connectivity index (χ4n) is 2.62. The van der Waals surface area contributed by atoms with E-state index in [1.54, 1.807) is 13.2 Å². The number of nitrogens with one attached hydrogen (secondary N) is 1. The van der Waals surface area contributed by atoms with Gasteiger partial charge in [0.15, 0.2) is 0 Å². The number of hydrogen-bond donors (Lipinski definition) is 1. The van der Waals surface area contributed by atoms with Crippen LogP contribution in [0.25, 0.3) is 0 Å². The zero-order valence-corrected chi connectivity index (χ0v) is 11.1. The highest BCUT2D eigenvalue weighted by molar-refractivity contribution is 5.36. The van der Waals surface area contributed by atoms with Gasteiger partial charge < -0.3 is 10.1 Å². The number of halogens is 3. The summed E-state index contributed by atoms with van der Waals surface area (Å²) in [5.74, 6) is -0.482. The van der Waals surface area contributed by atoms with Crippen LogP contribution in [-0.2, 0) is 0 Å². The second-order valence-corrected chi connectivity index (χ2v) is 4.99. The van der Waals surface area contributed by atoms with Crippen LogP contribution in [0.5, 0.6) is 5.75 Å². The lowest BCUT2D eigenvalue weighted by Crippen LogP contribution is -2.38. The van der Waals surface area contributed by atoms with E-state index in [9.17, 15) is 13.2 Å². The minimum Gasteiger partial charge on any atom is -0.497 e. The molecule has 1 fully saturated rings. The number of piperidine rings is 1. The third kappa shape index (κ3) is 3.21. The van der Waals surface area contributed by atoms with Gasteiger partial charge in [0, 0.05) is 6.04 Å². The first-order valence-corrected chi connectivity index (χ1v) is 6.36. The summed E-state index contributed by atoms with van der Waals surface area (Å²) < 4.78 is 43.5. The van der Waals surface area contributed by atoms with Crippen LogP contribution in [0.15, 0.2) is 18.2 Å². The second-order valence-electron chi connectivity index (χ2n) is 4.99. The molecule has 1 aliphatic rings.